The van der Waals surface area contributed by atoms with Gasteiger partial charge in [0.1, 0.15) is 0 Å². The number of nitrogens with zero attached hydrogens (tertiary/aromatic N) is 2. The van der Waals surface area contributed by atoms with Gasteiger partial charge in [-0.1, -0.05) is 68.3 Å². The van der Waals surface area contributed by atoms with Crippen molar-refractivity contribution in [3.63, 3.8) is 0 Å². The fourth-order valence-electron chi connectivity index (χ4n) is 2.23. The summed E-state index contributed by atoms with van der Waals surface area (Å²) in [6.45, 7) is 1.62. The van der Waals surface area contributed by atoms with E-state index >= 15 is 0 Å². The molecule has 2 aromatic carbocycles. The van der Waals surface area contributed by atoms with Gasteiger partial charge in [-0.3, -0.25) is 0 Å². The molecule has 140 valence electrons. The molecule has 0 unspecified atom stereocenters. The summed E-state index contributed by atoms with van der Waals surface area (Å²) in [4.78, 5) is 4.29. The molecule has 2 N–H and O–H groups in total. The first-order chi connectivity index (χ1) is 12.7. The van der Waals surface area contributed by atoms with Gasteiger partial charge >= 0.3 is 0 Å². The predicted octanol–water partition coefficient (Wildman–Crippen LogP) is 5.42. The monoisotopic (exact) mass is 552 g/mol. The van der Waals surface area contributed by atoms with E-state index < -0.39 is 0 Å². The second kappa shape index (κ2) is 11.2. The van der Waals surface area contributed by atoms with Gasteiger partial charge in [-0.25, -0.2) is 10.4 Å². The van der Waals surface area contributed by atoms with Crippen molar-refractivity contribution in [1.29, 1.82) is 0 Å². The van der Waals surface area contributed by atoms with Crippen LogP contribution in [0.25, 0.3) is 12.2 Å². The lowest BCUT2D eigenvalue weighted by Crippen LogP contribution is -2.30. The van der Waals surface area contributed by atoms with E-state index in [0.29, 0.717) is 5.96 Å². The van der Waals surface area contributed by atoms with Gasteiger partial charge in [0.15, 0.2) is 0 Å². The van der Waals surface area contributed by atoms with Crippen LogP contribution in [0, 0.1) is 0 Å². The van der Waals surface area contributed by atoms with Crippen LogP contribution in [-0.2, 0) is 0 Å². The van der Waals surface area contributed by atoms with Crippen molar-refractivity contribution in [3.05, 3.63) is 80.8 Å². The summed E-state index contributed by atoms with van der Waals surface area (Å²) < 4.78 is 2.12. The van der Waals surface area contributed by atoms with Crippen LogP contribution < -0.4 is 10.7 Å². The number of rotatable bonds is 5. The molecule has 0 radical (unpaired) electrons. The predicted molar refractivity (Wildman–Crippen MR) is 128 cm³/mol. The number of guanidine groups is 1. The van der Waals surface area contributed by atoms with Crippen LogP contribution in [0.3, 0.4) is 0 Å². The molecule has 0 atom stereocenters. The molecule has 1 aliphatic rings. The normalized spacial score (nSPS) is 13.2. The molecule has 0 aromatic heterocycles. The summed E-state index contributed by atoms with van der Waals surface area (Å²) in [6, 6.07) is 16.3. The standard InChI is InChI=1S/C20H18Br2N4.BrH/c21-17-7-1-15(2-8-17)5-11-19(25-26-20-23-13-14-24-20)12-6-16-3-9-18(22)10-4-16;/h1-12H,13-14H2,(H2,23,24,26);1H/b11-5+,12-6+;. The molecule has 1 aliphatic heterocycles. The molecule has 0 saturated carbocycles. The summed E-state index contributed by atoms with van der Waals surface area (Å²) in [7, 11) is 0. The van der Waals surface area contributed by atoms with E-state index in [-0.39, 0.29) is 17.0 Å². The number of hydrazone groups is 1. The molecule has 0 spiro atoms. The smallest absolute Gasteiger partial charge is 0.212 e. The molecular formula is C20H19Br3N4. The van der Waals surface area contributed by atoms with E-state index in [9.17, 15) is 0 Å². The van der Waals surface area contributed by atoms with Crippen LogP contribution in [0.5, 0.6) is 0 Å². The lowest BCUT2D eigenvalue weighted by molar-refractivity contribution is 0.918. The Morgan fingerprint density at radius 3 is 1.89 bits per heavy atom. The summed E-state index contributed by atoms with van der Waals surface area (Å²) in [5, 5.41) is 7.60. The molecule has 0 aliphatic carbocycles. The average Bonchev–Trinajstić information content (AvgIpc) is 3.17. The number of allylic oxidation sites excluding steroid dienone is 2. The third-order valence-corrected chi connectivity index (χ3v) is 4.66. The number of aliphatic imine (C=N–C) groups is 1. The van der Waals surface area contributed by atoms with Gasteiger partial charge in [-0.2, -0.15) is 5.10 Å². The Morgan fingerprint density at radius 1 is 0.926 bits per heavy atom. The third-order valence-electron chi connectivity index (χ3n) is 3.60. The molecule has 0 fully saturated rings. The maximum absolute atomic E-state index is 4.45. The molecule has 0 amide bonds. The van der Waals surface area contributed by atoms with Crippen LogP contribution in [0.2, 0.25) is 0 Å². The van der Waals surface area contributed by atoms with Crippen molar-refractivity contribution < 1.29 is 0 Å². The van der Waals surface area contributed by atoms with Crippen LogP contribution in [-0.4, -0.2) is 24.8 Å². The Balaban J connectivity index is 0.00000261. The number of nitrogens with one attached hydrogen (secondary N) is 2. The second-order valence-electron chi connectivity index (χ2n) is 5.58. The molecule has 1 heterocycles. The Hall–Kier alpha value is -1.70. The molecule has 3 rings (SSSR count). The maximum atomic E-state index is 4.45. The first kappa shape index (κ1) is 21.6. The van der Waals surface area contributed by atoms with E-state index in [0.717, 1.165) is 38.9 Å². The van der Waals surface area contributed by atoms with E-state index in [1.807, 2.05) is 72.8 Å². The zero-order chi connectivity index (χ0) is 18.2. The van der Waals surface area contributed by atoms with Crippen molar-refractivity contribution in [3.8, 4) is 0 Å². The zero-order valence-corrected chi connectivity index (χ0v) is 19.3. The second-order valence-corrected chi connectivity index (χ2v) is 7.41. The van der Waals surface area contributed by atoms with Gasteiger partial charge in [-0.15, -0.1) is 17.0 Å². The SMILES string of the molecule is Br.Brc1ccc(/C=C/C(/C=C/c2ccc(Br)cc2)=NNC2=NCCN2)cc1. The fraction of sp³-hybridized carbons (Fsp3) is 0.100. The van der Waals surface area contributed by atoms with Crippen molar-refractivity contribution in [2.45, 2.75) is 0 Å². The van der Waals surface area contributed by atoms with Gasteiger partial charge < -0.3 is 5.32 Å². The lowest BCUT2D eigenvalue weighted by Gasteiger charge is -2.02. The highest BCUT2D eigenvalue weighted by atomic mass is 79.9. The van der Waals surface area contributed by atoms with Gasteiger partial charge in [0.05, 0.1) is 12.3 Å². The summed E-state index contributed by atoms with van der Waals surface area (Å²) in [6.07, 6.45) is 8.01. The Labute approximate surface area is 186 Å². The molecule has 0 bridgehead atoms. The summed E-state index contributed by atoms with van der Waals surface area (Å²) >= 11 is 6.90. The van der Waals surface area contributed by atoms with Crippen LogP contribution in [0.15, 0.2) is 79.7 Å². The van der Waals surface area contributed by atoms with Gasteiger partial charge in [0, 0.05) is 15.5 Å². The van der Waals surface area contributed by atoms with Crippen LogP contribution in [0.4, 0.5) is 0 Å². The average molecular weight is 555 g/mol. The first-order valence-electron chi connectivity index (χ1n) is 8.18. The zero-order valence-electron chi connectivity index (χ0n) is 14.4. The highest BCUT2D eigenvalue weighted by Gasteiger charge is 2.02. The molecule has 27 heavy (non-hydrogen) atoms. The number of hydrogen-bond acceptors (Lipinski definition) is 4. The van der Waals surface area contributed by atoms with Crippen molar-refractivity contribution in [2.24, 2.45) is 10.1 Å². The fourth-order valence-corrected chi connectivity index (χ4v) is 2.76. The highest BCUT2D eigenvalue weighted by molar-refractivity contribution is 9.10. The van der Waals surface area contributed by atoms with Crippen LogP contribution in [0.1, 0.15) is 11.1 Å². The highest BCUT2D eigenvalue weighted by Crippen LogP contribution is 2.13. The minimum atomic E-state index is 0. The topological polar surface area (TPSA) is 48.8 Å². The van der Waals surface area contributed by atoms with Crippen LogP contribution >= 0.6 is 48.8 Å². The molecule has 2 aromatic rings. The summed E-state index contributed by atoms with van der Waals surface area (Å²) in [5.41, 5.74) is 5.99. The van der Waals surface area contributed by atoms with Crippen molar-refractivity contribution >= 4 is 72.7 Å². The largest absolute Gasteiger partial charge is 0.353 e. The van der Waals surface area contributed by atoms with Gasteiger partial charge in [0.25, 0.3) is 0 Å². The van der Waals surface area contributed by atoms with E-state index in [1.165, 1.54) is 0 Å². The maximum Gasteiger partial charge on any atom is 0.212 e. The van der Waals surface area contributed by atoms with Gasteiger partial charge in [0.2, 0.25) is 5.96 Å². The molecule has 0 saturated heterocycles. The van der Waals surface area contributed by atoms with Crippen molar-refractivity contribution in [1.82, 2.24) is 10.7 Å². The van der Waals surface area contributed by atoms with E-state index in [2.05, 4.69) is 52.7 Å². The van der Waals surface area contributed by atoms with Gasteiger partial charge in [-0.05, 0) is 47.5 Å². The minimum Gasteiger partial charge on any atom is -0.353 e. The van der Waals surface area contributed by atoms with Crippen molar-refractivity contribution in [2.75, 3.05) is 13.1 Å². The molecule has 4 nitrogen and oxygen atoms in total. The summed E-state index contributed by atoms with van der Waals surface area (Å²) in [5.74, 6) is 0.705. The third kappa shape index (κ3) is 7.44. The van der Waals surface area contributed by atoms with E-state index in [4.69, 9.17) is 0 Å². The number of hydrogen-bond donors (Lipinski definition) is 2. The first-order valence-corrected chi connectivity index (χ1v) is 9.77. The lowest BCUT2D eigenvalue weighted by atomic mass is 10.1. The Kier molecular flexibility index (Phi) is 8.97. The van der Waals surface area contributed by atoms with E-state index in [1.54, 1.807) is 0 Å². The number of halogens is 3. The molecular weight excluding hydrogens is 536 g/mol. The number of benzene rings is 2. The Morgan fingerprint density at radius 2 is 1.44 bits per heavy atom. The quantitative estimate of drug-likeness (QED) is 0.383. The molecule has 7 heteroatoms. The minimum absolute atomic E-state index is 0. The Bertz CT molecular complexity index is 796.